The number of hydrogen-bond donors (Lipinski definition) is 0. The number of nitrogens with zero attached hydrogens (tertiary/aromatic N) is 1. The maximum Gasteiger partial charge on any atom is 0.136 e. The fourth-order valence-corrected chi connectivity index (χ4v) is 9.45. The Morgan fingerprint density at radius 2 is 1.06 bits per heavy atom. The largest absolute Gasteiger partial charge is 0.456 e. The van der Waals surface area contributed by atoms with Crippen LogP contribution in [0.2, 0.25) is 0 Å². The highest BCUT2D eigenvalue weighted by Gasteiger charge is 2.23. The SMILES string of the molecule is c1ccc(-c2cc(-c3cccc4oc5ccccc5c34)cc(N(c3cc4ccccc4c4ccccc34)c3cccc4c3sc3ccccc34)c2)cc1. The zero-order chi connectivity index (χ0) is 34.9. The van der Waals surface area contributed by atoms with Crippen LogP contribution >= 0.6 is 11.3 Å². The summed E-state index contributed by atoms with van der Waals surface area (Å²) in [6.07, 6.45) is 0. The minimum Gasteiger partial charge on any atom is -0.456 e. The molecule has 0 spiro atoms. The van der Waals surface area contributed by atoms with E-state index in [-0.39, 0.29) is 0 Å². The van der Waals surface area contributed by atoms with Crippen LogP contribution in [0.15, 0.2) is 192 Å². The molecule has 0 saturated heterocycles. The molecule has 0 aliphatic rings. The number of furan rings is 1. The van der Waals surface area contributed by atoms with Crippen molar-refractivity contribution >= 4 is 92.1 Å². The van der Waals surface area contributed by atoms with E-state index in [0.717, 1.165) is 55.7 Å². The van der Waals surface area contributed by atoms with E-state index in [1.54, 1.807) is 0 Å². The number of rotatable bonds is 5. The molecular weight excluding hydrogens is 663 g/mol. The van der Waals surface area contributed by atoms with E-state index in [4.69, 9.17) is 4.42 Å². The number of benzene rings is 9. The number of para-hydroxylation sites is 1. The van der Waals surface area contributed by atoms with Crippen molar-refractivity contribution in [2.45, 2.75) is 0 Å². The second-order valence-corrected chi connectivity index (χ2v) is 14.7. The molecular formula is C50H31NOS. The molecule has 3 heteroatoms. The lowest BCUT2D eigenvalue weighted by atomic mass is 9.94. The van der Waals surface area contributed by atoms with Crippen LogP contribution in [0.1, 0.15) is 0 Å². The summed E-state index contributed by atoms with van der Waals surface area (Å²) in [4.78, 5) is 2.51. The van der Waals surface area contributed by atoms with Gasteiger partial charge in [0.1, 0.15) is 11.2 Å². The Kier molecular flexibility index (Phi) is 6.76. The zero-order valence-electron chi connectivity index (χ0n) is 28.7. The third kappa shape index (κ3) is 4.78. The van der Waals surface area contributed by atoms with Gasteiger partial charge in [0.25, 0.3) is 0 Å². The van der Waals surface area contributed by atoms with Gasteiger partial charge in [0.05, 0.1) is 16.1 Å². The van der Waals surface area contributed by atoms with Gasteiger partial charge in [-0.25, -0.2) is 0 Å². The van der Waals surface area contributed by atoms with Gasteiger partial charge >= 0.3 is 0 Å². The van der Waals surface area contributed by atoms with E-state index < -0.39 is 0 Å². The molecule has 53 heavy (non-hydrogen) atoms. The fourth-order valence-electron chi connectivity index (χ4n) is 8.24. The maximum atomic E-state index is 6.40. The number of thiophene rings is 1. The molecule has 0 atom stereocenters. The van der Waals surface area contributed by atoms with Crippen LogP contribution in [0.3, 0.4) is 0 Å². The third-order valence-corrected chi connectivity index (χ3v) is 11.8. The molecule has 2 aromatic heterocycles. The topological polar surface area (TPSA) is 16.4 Å². The van der Waals surface area contributed by atoms with Gasteiger partial charge in [0.2, 0.25) is 0 Å². The van der Waals surface area contributed by atoms with Crippen molar-refractivity contribution in [3.8, 4) is 22.3 Å². The fraction of sp³-hybridized carbons (Fsp3) is 0. The molecule has 0 amide bonds. The van der Waals surface area contributed by atoms with Gasteiger partial charge in [-0.2, -0.15) is 0 Å². The van der Waals surface area contributed by atoms with Crippen molar-refractivity contribution in [3.63, 3.8) is 0 Å². The van der Waals surface area contributed by atoms with Gasteiger partial charge < -0.3 is 9.32 Å². The summed E-state index contributed by atoms with van der Waals surface area (Å²) >= 11 is 1.87. The molecule has 0 unspecified atom stereocenters. The molecule has 0 aliphatic carbocycles. The summed E-state index contributed by atoms with van der Waals surface area (Å²) < 4.78 is 8.95. The van der Waals surface area contributed by atoms with Crippen molar-refractivity contribution < 1.29 is 4.42 Å². The smallest absolute Gasteiger partial charge is 0.136 e. The molecule has 11 aromatic rings. The van der Waals surface area contributed by atoms with E-state index in [0.29, 0.717) is 0 Å². The van der Waals surface area contributed by atoms with Gasteiger partial charge in [-0.15, -0.1) is 11.3 Å². The Bertz CT molecular complexity index is 3190. The molecule has 0 saturated carbocycles. The highest BCUT2D eigenvalue weighted by molar-refractivity contribution is 7.26. The minimum atomic E-state index is 0.891. The predicted octanol–water partition coefficient (Wildman–Crippen LogP) is 15.1. The highest BCUT2D eigenvalue weighted by atomic mass is 32.1. The molecule has 0 radical (unpaired) electrons. The Hall–Kier alpha value is -6.68. The normalized spacial score (nSPS) is 11.8. The van der Waals surface area contributed by atoms with Gasteiger partial charge in [-0.3, -0.25) is 0 Å². The van der Waals surface area contributed by atoms with E-state index in [9.17, 15) is 0 Å². The summed E-state index contributed by atoms with van der Waals surface area (Å²) in [6, 6.07) is 68.1. The Labute approximate surface area is 310 Å². The molecule has 9 aromatic carbocycles. The Morgan fingerprint density at radius 1 is 0.396 bits per heavy atom. The average molecular weight is 694 g/mol. The summed E-state index contributed by atoms with van der Waals surface area (Å²) in [5.41, 5.74) is 9.80. The summed E-state index contributed by atoms with van der Waals surface area (Å²) in [7, 11) is 0. The Morgan fingerprint density at radius 3 is 1.94 bits per heavy atom. The van der Waals surface area contributed by atoms with Crippen LogP contribution in [0, 0.1) is 0 Å². The van der Waals surface area contributed by atoms with Crippen LogP contribution in [0.5, 0.6) is 0 Å². The lowest BCUT2D eigenvalue weighted by Crippen LogP contribution is -2.11. The summed E-state index contributed by atoms with van der Waals surface area (Å²) in [5.74, 6) is 0. The molecule has 11 rings (SSSR count). The number of fused-ring (bicyclic) bond motifs is 9. The Balaban J connectivity index is 1.27. The van der Waals surface area contributed by atoms with Gasteiger partial charge in [0.15, 0.2) is 0 Å². The average Bonchev–Trinajstić information content (AvgIpc) is 3.80. The molecule has 0 aliphatic heterocycles. The van der Waals surface area contributed by atoms with E-state index in [1.165, 1.54) is 47.3 Å². The second-order valence-electron chi connectivity index (χ2n) is 13.7. The van der Waals surface area contributed by atoms with Crippen LogP contribution in [-0.2, 0) is 0 Å². The first kappa shape index (κ1) is 30.0. The quantitative estimate of drug-likeness (QED) is 0.167. The van der Waals surface area contributed by atoms with E-state index in [1.807, 2.05) is 17.4 Å². The predicted molar refractivity (Wildman–Crippen MR) is 227 cm³/mol. The van der Waals surface area contributed by atoms with Crippen LogP contribution < -0.4 is 4.90 Å². The van der Waals surface area contributed by atoms with Gasteiger partial charge in [0, 0.05) is 37.3 Å². The second kappa shape index (κ2) is 11.9. The first-order chi connectivity index (χ1) is 26.3. The van der Waals surface area contributed by atoms with E-state index in [2.05, 4.69) is 187 Å². The highest BCUT2D eigenvalue weighted by Crippen LogP contribution is 2.49. The van der Waals surface area contributed by atoms with Crippen molar-refractivity contribution in [1.29, 1.82) is 0 Å². The summed E-state index contributed by atoms with van der Waals surface area (Å²) in [5, 5.41) is 9.72. The molecule has 0 N–H and O–H groups in total. The zero-order valence-corrected chi connectivity index (χ0v) is 29.5. The van der Waals surface area contributed by atoms with Crippen molar-refractivity contribution in [1.82, 2.24) is 0 Å². The molecule has 2 nitrogen and oxygen atoms in total. The van der Waals surface area contributed by atoms with E-state index >= 15 is 0 Å². The summed E-state index contributed by atoms with van der Waals surface area (Å²) in [6.45, 7) is 0. The van der Waals surface area contributed by atoms with Gasteiger partial charge in [-0.05, 0) is 86.9 Å². The number of hydrogen-bond acceptors (Lipinski definition) is 3. The van der Waals surface area contributed by atoms with Crippen LogP contribution in [0.25, 0.3) is 85.9 Å². The molecule has 248 valence electrons. The van der Waals surface area contributed by atoms with Crippen molar-refractivity contribution in [2.75, 3.05) is 4.90 Å². The van der Waals surface area contributed by atoms with Gasteiger partial charge in [-0.1, -0.05) is 140 Å². The van der Waals surface area contributed by atoms with Crippen molar-refractivity contribution in [3.05, 3.63) is 188 Å². The molecule has 2 heterocycles. The maximum absolute atomic E-state index is 6.40. The van der Waals surface area contributed by atoms with Crippen LogP contribution in [-0.4, -0.2) is 0 Å². The first-order valence-corrected chi connectivity index (χ1v) is 18.8. The van der Waals surface area contributed by atoms with Crippen LogP contribution in [0.4, 0.5) is 17.1 Å². The number of anilines is 3. The lowest BCUT2D eigenvalue weighted by molar-refractivity contribution is 0.669. The lowest BCUT2D eigenvalue weighted by Gasteiger charge is -2.29. The molecule has 0 bridgehead atoms. The minimum absolute atomic E-state index is 0.891. The standard InChI is InChI=1S/C50H31NOS/c1-2-14-32(15-3-1)34-28-35(38-22-13-26-47-49(38)43-21-8-10-25-46(43)52-47)30-36(29-34)51(44-24-12-23-42-41-20-9-11-27-48(41)53-50(42)44)45-31-33-16-4-5-17-37(33)39-18-6-7-19-40(39)45/h1-31H. The van der Waals surface area contributed by atoms with Crippen molar-refractivity contribution in [2.24, 2.45) is 0 Å². The third-order valence-electron chi connectivity index (χ3n) is 10.6. The first-order valence-electron chi connectivity index (χ1n) is 18.0. The molecule has 0 fully saturated rings. The monoisotopic (exact) mass is 693 g/mol.